The van der Waals surface area contributed by atoms with E-state index >= 15 is 0 Å². The molecule has 0 fully saturated rings. The molecule has 0 unspecified atom stereocenters. The van der Waals surface area contributed by atoms with E-state index in [1.165, 1.54) is 0 Å². The van der Waals surface area contributed by atoms with Gasteiger partial charge in [0.05, 0.1) is 4.90 Å². The van der Waals surface area contributed by atoms with Crippen LogP contribution >= 0.6 is 0 Å². The summed E-state index contributed by atoms with van der Waals surface area (Å²) in [6, 6.07) is 22.7. The van der Waals surface area contributed by atoms with Crippen LogP contribution in [0.1, 0.15) is 0 Å². The number of fused-ring (bicyclic) bond motifs is 1. The lowest BCUT2D eigenvalue weighted by Crippen LogP contribution is -2.12. The van der Waals surface area contributed by atoms with Crippen molar-refractivity contribution in [2.24, 2.45) is 0 Å². The van der Waals surface area contributed by atoms with Crippen molar-refractivity contribution in [2.75, 3.05) is 4.72 Å². The highest BCUT2D eigenvalue weighted by atomic mass is 32.2. The Morgan fingerprint density at radius 2 is 1.66 bits per heavy atom. The highest BCUT2D eigenvalue weighted by Gasteiger charge is 2.15. The van der Waals surface area contributed by atoms with Gasteiger partial charge in [-0.2, -0.15) is 0 Å². The molecule has 0 saturated carbocycles. The van der Waals surface area contributed by atoms with Crippen LogP contribution in [0.15, 0.2) is 102 Å². The molecule has 5 aromatic rings. The number of hydrogen-bond donors (Lipinski definition) is 1. The van der Waals surface area contributed by atoms with Crippen molar-refractivity contribution in [3.05, 3.63) is 97.6 Å². The fourth-order valence-electron chi connectivity index (χ4n) is 3.16. The number of ether oxygens (including phenoxy) is 1. The van der Waals surface area contributed by atoms with Crippen LogP contribution in [-0.4, -0.2) is 28.2 Å². The van der Waals surface area contributed by atoms with Crippen molar-refractivity contribution < 1.29 is 13.2 Å². The quantitative estimate of drug-likeness (QED) is 0.417. The van der Waals surface area contributed by atoms with Gasteiger partial charge >= 0.3 is 0 Å². The van der Waals surface area contributed by atoms with Gasteiger partial charge in [0.1, 0.15) is 12.1 Å². The number of imidazole rings is 1. The lowest BCUT2D eigenvalue weighted by atomic mass is 10.1. The fraction of sp³-hybridized carbons (Fsp3) is 0. The summed E-state index contributed by atoms with van der Waals surface area (Å²) in [6.07, 6.45) is 5.05. The number of nitrogens with zero attached hydrogens (tertiary/aromatic N) is 4. The molecule has 2 heterocycles. The van der Waals surface area contributed by atoms with E-state index in [1.807, 2.05) is 24.3 Å². The van der Waals surface area contributed by atoms with Gasteiger partial charge in [-0.25, -0.2) is 13.4 Å². The van der Waals surface area contributed by atoms with E-state index in [0.29, 0.717) is 23.1 Å². The minimum Gasteiger partial charge on any atom is -0.438 e. The molecular formula is C23H17N5O3S. The van der Waals surface area contributed by atoms with Crippen molar-refractivity contribution in [1.82, 2.24) is 19.7 Å². The maximum absolute atomic E-state index is 12.8. The summed E-state index contributed by atoms with van der Waals surface area (Å²) in [7, 11) is -3.72. The third-order valence-electron chi connectivity index (χ3n) is 4.76. The standard InChI is InChI=1S/C23H17N5O3S/c29-32(30,21-10-5-17-3-1-2-4-18(17)15-21)27-19-6-8-20(9-7-19)31-23-12-11-22(25-26-23)28-14-13-24-16-28/h1-16,27H. The van der Waals surface area contributed by atoms with Crippen LogP contribution in [0, 0.1) is 0 Å². The van der Waals surface area contributed by atoms with Crippen LogP contribution in [0.3, 0.4) is 0 Å². The lowest BCUT2D eigenvalue weighted by molar-refractivity contribution is 0.454. The molecule has 1 N–H and O–H groups in total. The number of hydrogen-bond acceptors (Lipinski definition) is 6. The number of nitrogens with one attached hydrogen (secondary N) is 1. The molecule has 0 amide bonds. The largest absolute Gasteiger partial charge is 0.438 e. The van der Waals surface area contributed by atoms with Crippen LogP contribution in [0.4, 0.5) is 5.69 Å². The van der Waals surface area contributed by atoms with Crippen LogP contribution in [0.25, 0.3) is 16.6 Å². The minimum atomic E-state index is -3.72. The zero-order valence-corrected chi connectivity index (χ0v) is 17.5. The predicted molar refractivity (Wildman–Crippen MR) is 120 cm³/mol. The molecule has 158 valence electrons. The lowest BCUT2D eigenvalue weighted by Gasteiger charge is -2.10. The molecule has 0 aliphatic rings. The summed E-state index contributed by atoms with van der Waals surface area (Å²) >= 11 is 0. The average molecular weight is 443 g/mol. The van der Waals surface area contributed by atoms with Gasteiger partial charge < -0.3 is 4.74 Å². The Morgan fingerprint density at radius 1 is 0.844 bits per heavy atom. The van der Waals surface area contributed by atoms with Crippen LogP contribution in [-0.2, 0) is 10.0 Å². The summed E-state index contributed by atoms with van der Waals surface area (Å²) < 4.78 is 35.6. The second kappa shape index (κ2) is 8.12. The second-order valence-corrected chi connectivity index (χ2v) is 8.62. The van der Waals surface area contributed by atoms with Gasteiger partial charge in [0.15, 0.2) is 5.82 Å². The first-order chi connectivity index (χ1) is 15.6. The van der Waals surface area contributed by atoms with E-state index in [1.54, 1.807) is 77.9 Å². The van der Waals surface area contributed by atoms with Crippen molar-refractivity contribution in [2.45, 2.75) is 4.90 Å². The molecule has 0 saturated heterocycles. The number of anilines is 1. The average Bonchev–Trinajstić information content (AvgIpc) is 3.35. The molecule has 8 nitrogen and oxygen atoms in total. The monoisotopic (exact) mass is 443 g/mol. The molecule has 0 spiro atoms. The first-order valence-corrected chi connectivity index (χ1v) is 11.2. The maximum atomic E-state index is 12.8. The van der Waals surface area contributed by atoms with Crippen LogP contribution < -0.4 is 9.46 Å². The zero-order valence-electron chi connectivity index (χ0n) is 16.7. The first kappa shape index (κ1) is 19.7. The molecule has 0 aliphatic carbocycles. The van der Waals surface area contributed by atoms with Gasteiger partial charge in [-0.05, 0) is 53.2 Å². The van der Waals surface area contributed by atoms with Gasteiger partial charge in [0.25, 0.3) is 10.0 Å². The van der Waals surface area contributed by atoms with Gasteiger partial charge in [-0.1, -0.05) is 30.3 Å². The van der Waals surface area contributed by atoms with E-state index in [0.717, 1.165) is 10.8 Å². The molecule has 0 atom stereocenters. The first-order valence-electron chi connectivity index (χ1n) is 9.68. The Kier molecular flexibility index (Phi) is 5.00. The number of rotatable bonds is 6. The molecule has 9 heteroatoms. The molecule has 5 rings (SSSR count). The third-order valence-corrected chi connectivity index (χ3v) is 6.13. The van der Waals surface area contributed by atoms with Crippen molar-refractivity contribution in [1.29, 1.82) is 0 Å². The maximum Gasteiger partial charge on any atom is 0.261 e. The highest BCUT2D eigenvalue weighted by Crippen LogP contribution is 2.24. The van der Waals surface area contributed by atoms with Gasteiger partial charge in [-0.15, -0.1) is 10.2 Å². The molecule has 3 aromatic carbocycles. The second-order valence-electron chi connectivity index (χ2n) is 6.94. The summed E-state index contributed by atoms with van der Waals surface area (Å²) in [5, 5.41) is 9.98. The fourth-order valence-corrected chi connectivity index (χ4v) is 4.25. The normalized spacial score (nSPS) is 11.4. The Balaban J connectivity index is 1.28. The van der Waals surface area contributed by atoms with E-state index in [9.17, 15) is 8.42 Å². The zero-order chi connectivity index (χ0) is 22.0. The molecule has 32 heavy (non-hydrogen) atoms. The van der Waals surface area contributed by atoms with Crippen molar-refractivity contribution >= 4 is 26.5 Å². The van der Waals surface area contributed by atoms with E-state index < -0.39 is 10.0 Å². The van der Waals surface area contributed by atoms with E-state index in [-0.39, 0.29) is 4.90 Å². The Labute approximate surface area is 184 Å². The molecule has 2 aromatic heterocycles. The molecule has 0 radical (unpaired) electrons. The minimum absolute atomic E-state index is 0.199. The van der Waals surface area contributed by atoms with Gasteiger partial charge in [-0.3, -0.25) is 9.29 Å². The van der Waals surface area contributed by atoms with E-state index in [2.05, 4.69) is 19.9 Å². The van der Waals surface area contributed by atoms with Crippen molar-refractivity contribution in [3.8, 4) is 17.4 Å². The summed E-state index contributed by atoms with van der Waals surface area (Å²) in [5.41, 5.74) is 0.423. The van der Waals surface area contributed by atoms with Crippen LogP contribution in [0.5, 0.6) is 11.6 Å². The van der Waals surface area contributed by atoms with Gasteiger partial charge in [0.2, 0.25) is 5.88 Å². The van der Waals surface area contributed by atoms with Crippen LogP contribution in [0.2, 0.25) is 0 Å². The Bertz CT molecular complexity index is 1470. The van der Waals surface area contributed by atoms with E-state index in [4.69, 9.17) is 4.74 Å². The molecule has 0 bridgehead atoms. The SMILES string of the molecule is O=S(=O)(Nc1ccc(Oc2ccc(-n3ccnc3)nn2)cc1)c1ccc2ccccc2c1. The predicted octanol–water partition coefficient (Wildman–Crippen LogP) is 4.41. The van der Waals surface area contributed by atoms with Gasteiger partial charge in [0, 0.05) is 24.1 Å². The molecular weight excluding hydrogens is 426 g/mol. The summed E-state index contributed by atoms with van der Waals surface area (Å²) in [6.45, 7) is 0. The smallest absolute Gasteiger partial charge is 0.261 e. The summed E-state index contributed by atoms with van der Waals surface area (Å²) in [5.74, 6) is 1.44. The number of aromatic nitrogens is 4. The molecule has 0 aliphatic heterocycles. The highest BCUT2D eigenvalue weighted by molar-refractivity contribution is 7.92. The Morgan fingerprint density at radius 3 is 2.38 bits per heavy atom. The number of sulfonamides is 1. The number of benzene rings is 3. The third kappa shape index (κ3) is 4.14. The van der Waals surface area contributed by atoms with Crippen molar-refractivity contribution in [3.63, 3.8) is 0 Å². The summed E-state index contributed by atoms with van der Waals surface area (Å²) in [4.78, 5) is 4.17. The topological polar surface area (TPSA) is 99.0 Å². The Hall–Kier alpha value is -4.24.